The number of aryl methyl sites for hydroxylation is 1. The van der Waals surface area contributed by atoms with Gasteiger partial charge in [-0.1, -0.05) is 12.1 Å². The maximum absolute atomic E-state index is 12.1. The summed E-state index contributed by atoms with van der Waals surface area (Å²) in [5, 5.41) is 6.63. The quantitative estimate of drug-likeness (QED) is 0.901. The molecule has 0 aliphatic carbocycles. The Bertz CT molecular complexity index is 550. The summed E-state index contributed by atoms with van der Waals surface area (Å²) >= 11 is 0. The first-order valence-electron chi connectivity index (χ1n) is 9.00. The van der Waals surface area contributed by atoms with Gasteiger partial charge >= 0.3 is 0 Å². The van der Waals surface area contributed by atoms with Crippen molar-refractivity contribution in [1.82, 2.24) is 10.6 Å². The van der Waals surface area contributed by atoms with E-state index in [0.717, 1.165) is 51.7 Å². The summed E-state index contributed by atoms with van der Waals surface area (Å²) in [6.45, 7) is 7.36. The fraction of sp³-hybridized carbons (Fsp3) is 0.632. The molecule has 0 saturated carbocycles. The van der Waals surface area contributed by atoms with E-state index in [1.165, 1.54) is 16.8 Å². The van der Waals surface area contributed by atoms with Gasteiger partial charge in [0.05, 0.1) is 6.04 Å². The van der Waals surface area contributed by atoms with E-state index in [1.54, 1.807) is 0 Å². The van der Waals surface area contributed by atoms with Crippen LogP contribution in [0.25, 0.3) is 0 Å². The van der Waals surface area contributed by atoms with Gasteiger partial charge in [-0.25, -0.2) is 0 Å². The predicted octanol–water partition coefficient (Wildman–Crippen LogP) is 2.53. The number of carbonyl (C=O) groups is 1. The van der Waals surface area contributed by atoms with Gasteiger partial charge < -0.3 is 15.5 Å². The largest absolute Gasteiger partial charge is 0.371 e. The van der Waals surface area contributed by atoms with E-state index in [1.807, 2.05) is 0 Å². The van der Waals surface area contributed by atoms with Crippen molar-refractivity contribution in [2.24, 2.45) is 0 Å². The number of amides is 1. The molecule has 0 bridgehead atoms. The summed E-state index contributed by atoms with van der Waals surface area (Å²) in [5.74, 6) is 0.194. The van der Waals surface area contributed by atoms with Crippen LogP contribution in [0.15, 0.2) is 18.2 Å². The van der Waals surface area contributed by atoms with Gasteiger partial charge in [0, 0.05) is 31.4 Å². The lowest BCUT2D eigenvalue weighted by molar-refractivity contribution is -0.123. The zero-order valence-electron chi connectivity index (χ0n) is 14.4. The van der Waals surface area contributed by atoms with Crippen LogP contribution < -0.4 is 15.5 Å². The summed E-state index contributed by atoms with van der Waals surface area (Å²) in [6.07, 6.45) is 5.43. The van der Waals surface area contributed by atoms with Gasteiger partial charge in [-0.2, -0.15) is 0 Å². The molecule has 2 fully saturated rings. The molecule has 2 heterocycles. The molecule has 4 nitrogen and oxygen atoms in total. The van der Waals surface area contributed by atoms with Crippen molar-refractivity contribution in [2.75, 3.05) is 24.5 Å². The molecule has 2 N–H and O–H groups in total. The molecule has 0 spiro atoms. The minimum absolute atomic E-state index is 0.00903. The van der Waals surface area contributed by atoms with Crippen molar-refractivity contribution in [2.45, 2.75) is 58.0 Å². The Labute approximate surface area is 139 Å². The summed E-state index contributed by atoms with van der Waals surface area (Å²) in [6, 6.07) is 7.03. The van der Waals surface area contributed by atoms with Gasteiger partial charge in [0.1, 0.15) is 0 Å². The second kappa shape index (κ2) is 7.35. The highest BCUT2D eigenvalue weighted by Gasteiger charge is 2.26. The number of nitrogens with one attached hydrogen (secondary N) is 2. The van der Waals surface area contributed by atoms with Gasteiger partial charge in [0.15, 0.2) is 0 Å². The number of benzene rings is 1. The molecular weight excluding hydrogens is 286 g/mol. The molecule has 2 saturated heterocycles. The molecule has 1 atom stereocenters. The third kappa shape index (κ3) is 3.86. The van der Waals surface area contributed by atoms with Gasteiger partial charge in [0.25, 0.3) is 0 Å². The lowest BCUT2D eigenvalue weighted by atomic mass is 10.00. The van der Waals surface area contributed by atoms with Crippen LogP contribution in [0.3, 0.4) is 0 Å². The van der Waals surface area contributed by atoms with Crippen LogP contribution >= 0.6 is 0 Å². The Kier molecular flexibility index (Phi) is 5.21. The summed E-state index contributed by atoms with van der Waals surface area (Å²) in [7, 11) is 0. The van der Waals surface area contributed by atoms with Gasteiger partial charge in [-0.3, -0.25) is 4.79 Å². The Morgan fingerprint density at radius 2 is 1.91 bits per heavy atom. The van der Waals surface area contributed by atoms with Crippen molar-refractivity contribution in [3.05, 3.63) is 29.3 Å². The van der Waals surface area contributed by atoms with Crippen LogP contribution in [0.4, 0.5) is 5.69 Å². The average molecular weight is 315 g/mol. The zero-order valence-corrected chi connectivity index (χ0v) is 14.4. The Balaban J connectivity index is 1.56. The summed E-state index contributed by atoms with van der Waals surface area (Å²) < 4.78 is 0. The normalized spacial score (nSPS) is 23.5. The molecule has 1 aromatic rings. The monoisotopic (exact) mass is 315 g/mol. The lowest BCUT2D eigenvalue weighted by Crippen LogP contribution is -2.51. The highest BCUT2D eigenvalue weighted by molar-refractivity contribution is 5.81. The maximum atomic E-state index is 12.1. The van der Waals surface area contributed by atoms with Crippen LogP contribution in [0, 0.1) is 13.8 Å². The molecular formula is C19H29N3O. The number of anilines is 1. The van der Waals surface area contributed by atoms with Crippen molar-refractivity contribution in [1.29, 1.82) is 0 Å². The Morgan fingerprint density at radius 3 is 2.70 bits per heavy atom. The van der Waals surface area contributed by atoms with E-state index in [2.05, 4.69) is 47.6 Å². The fourth-order valence-electron chi connectivity index (χ4n) is 3.75. The minimum atomic E-state index is 0.00903. The molecule has 2 aliphatic heterocycles. The molecule has 4 heteroatoms. The average Bonchev–Trinajstić information content (AvgIpc) is 2.76. The molecule has 23 heavy (non-hydrogen) atoms. The van der Waals surface area contributed by atoms with Gasteiger partial charge in [0.2, 0.25) is 5.91 Å². The number of carbonyl (C=O) groups excluding carboxylic acids is 1. The molecule has 1 amide bonds. The smallest absolute Gasteiger partial charge is 0.237 e. The number of hydrogen-bond acceptors (Lipinski definition) is 3. The van der Waals surface area contributed by atoms with Gasteiger partial charge in [-0.15, -0.1) is 0 Å². The number of hydrogen-bond donors (Lipinski definition) is 2. The van der Waals surface area contributed by atoms with E-state index >= 15 is 0 Å². The van der Waals surface area contributed by atoms with Crippen LogP contribution in [0.5, 0.6) is 0 Å². The van der Waals surface area contributed by atoms with Crippen LogP contribution in [0.2, 0.25) is 0 Å². The van der Waals surface area contributed by atoms with E-state index in [4.69, 9.17) is 0 Å². The molecule has 3 rings (SSSR count). The van der Waals surface area contributed by atoms with Crippen molar-refractivity contribution in [3.8, 4) is 0 Å². The number of rotatable bonds is 3. The third-order valence-corrected chi connectivity index (χ3v) is 5.38. The SMILES string of the molecule is Cc1cccc(N2CCC(N[C@H]3CCCCNC3=O)CC2)c1C. The summed E-state index contributed by atoms with van der Waals surface area (Å²) in [5.41, 5.74) is 4.12. The first-order valence-corrected chi connectivity index (χ1v) is 9.00. The second-order valence-electron chi connectivity index (χ2n) is 6.99. The maximum Gasteiger partial charge on any atom is 0.237 e. The van der Waals surface area contributed by atoms with Crippen molar-refractivity contribution >= 4 is 11.6 Å². The second-order valence-corrected chi connectivity index (χ2v) is 6.99. The van der Waals surface area contributed by atoms with E-state index in [-0.39, 0.29) is 11.9 Å². The third-order valence-electron chi connectivity index (χ3n) is 5.38. The lowest BCUT2D eigenvalue weighted by Gasteiger charge is -2.36. The van der Waals surface area contributed by atoms with Crippen molar-refractivity contribution in [3.63, 3.8) is 0 Å². The molecule has 2 aliphatic rings. The van der Waals surface area contributed by atoms with Gasteiger partial charge in [-0.05, 0) is 63.1 Å². The van der Waals surface area contributed by atoms with E-state index in [0.29, 0.717) is 6.04 Å². The predicted molar refractivity (Wildman–Crippen MR) is 94.9 cm³/mol. The molecule has 0 aromatic heterocycles. The molecule has 0 unspecified atom stereocenters. The first kappa shape index (κ1) is 16.3. The Morgan fingerprint density at radius 1 is 1.13 bits per heavy atom. The minimum Gasteiger partial charge on any atom is -0.371 e. The zero-order chi connectivity index (χ0) is 16.2. The first-order chi connectivity index (χ1) is 11.1. The van der Waals surface area contributed by atoms with Crippen LogP contribution in [0.1, 0.15) is 43.2 Å². The number of nitrogens with zero attached hydrogens (tertiary/aromatic N) is 1. The standard InChI is InChI=1S/C19H29N3O/c1-14-6-5-8-18(15(14)2)22-12-9-16(10-13-22)21-17-7-3-4-11-20-19(17)23/h5-6,8,16-17,21H,3-4,7,9-13H2,1-2H3,(H,20,23)/t17-/m0/s1. The van der Waals surface area contributed by atoms with Crippen molar-refractivity contribution < 1.29 is 4.79 Å². The molecule has 1 aromatic carbocycles. The highest BCUT2D eigenvalue weighted by Crippen LogP contribution is 2.26. The fourth-order valence-corrected chi connectivity index (χ4v) is 3.75. The topological polar surface area (TPSA) is 44.4 Å². The molecule has 0 radical (unpaired) electrons. The van der Waals surface area contributed by atoms with E-state index < -0.39 is 0 Å². The van der Waals surface area contributed by atoms with Crippen LogP contribution in [-0.2, 0) is 4.79 Å². The Hall–Kier alpha value is -1.55. The molecule has 126 valence electrons. The summed E-state index contributed by atoms with van der Waals surface area (Å²) in [4.78, 5) is 14.6. The number of piperidine rings is 1. The van der Waals surface area contributed by atoms with Crippen LogP contribution in [-0.4, -0.2) is 37.6 Å². The van der Waals surface area contributed by atoms with E-state index in [9.17, 15) is 4.79 Å². The highest BCUT2D eigenvalue weighted by atomic mass is 16.2.